The first-order chi connectivity index (χ1) is 10.4. The third kappa shape index (κ3) is 3.25. The fourth-order valence-electron chi connectivity index (χ4n) is 3.19. The Morgan fingerprint density at radius 2 is 2.00 bits per heavy atom. The number of carbonyl (C=O) groups excluding carboxylic acids is 3. The van der Waals surface area contributed by atoms with Crippen molar-refractivity contribution in [3.05, 3.63) is 0 Å². The summed E-state index contributed by atoms with van der Waals surface area (Å²) in [5.74, 6) is 0.186. The van der Waals surface area contributed by atoms with Crippen LogP contribution in [0.5, 0.6) is 0 Å². The predicted octanol–water partition coefficient (Wildman–Crippen LogP) is 1.75. The Balaban J connectivity index is 1.99. The number of urea groups is 1. The van der Waals surface area contributed by atoms with Crippen LogP contribution in [-0.4, -0.2) is 53.3 Å². The Morgan fingerprint density at radius 1 is 1.36 bits per heavy atom. The van der Waals surface area contributed by atoms with Crippen LogP contribution in [0.25, 0.3) is 0 Å². The Kier molecular flexibility index (Phi) is 5.08. The maximum absolute atomic E-state index is 12.6. The lowest BCUT2D eigenvalue weighted by Gasteiger charge is -2.33. The number of hydrogen-bond acceptors (Lipinski definition) is 3. The van der Waals surface area contributed by atoms with E-state index < -0.39 is 11.6 Å². The quantitative estimate of drug-likeness (QED) is 0.787. The van der Waals surface area contributed by atoms with Gasteiger partial charge in [-0.15, -0.1) is 0 Å². The van der Waals surface area contributed by atoms with Gasteiger partial charge in [0.2, 0.25) is 5.91 Å². The molecule has 1 N–H and O–H groups in total. The monoisotopic (exact) mass is 309 g/mol. The summed E-state index contributed by atoms with van der Waals surface area (Å²) in [4.78, 5) is 39.6. The first-order valence-electron chi connectivity index (χ1n) is 8.27. The number of likely N-dealkylation sites (N-methyl/N-ethyl adjacent to an activating group) is 1. The average Bonchev–Trinajstić information content (AvgIpc) is 2.72. The van der Waals surface area contributed by atoms with E-state index >= 15 is 0 Å². The molecule has 1 aliphatic heterocycles. The molecule has 1 heterocycles. The number of amides is 4. The molecule has 0 aromatic carbocycles. The van der Waals surface area contributed by atoms with Crippen molar-refractivity contribution in [1.82, 2.24) is 15.1 Å². The van der Waals surface area contributed by atoms with Crippen LogP contribution in [0.2, 0.25) is 0 Å². The van der Waals surface area contributed by atoms with Gasteiger partial charge in [-0.3, -0.25) is 14.5 Å². The molecule has 0 unspecified atom stereocenters. The fraction of sp³-hybridized carbons (Fsp3) is 0.812. The Hall–Kier alpha value is -1.59. The van der Waals surface area contributed by atoms with E-state index in [1.165, 1.54) is 0 Å². The molecule has 2 rings (SSSR count). The standard InChI is InChI=1S/C16H27N3O3/c1-4-5-10-18(3)13(20)11-19-14(21)16(17-15(19)22)8-6-12(2)7-9-16/h12H,4-11H2,1-3H3,(H,17,22). The number of carbonyl (C=O) groups is 3. The van der Waals surface area contributed by atoms with Gasteiger partial charge in [-0.25, -0.2) is 4.79 Å². The number of nitrogens with one attached hydrogen (secondary N) is 1. The van der Waals surface area contributed by atoms with E-state index in [1.807, 2.05) is 0 Å². The third-order valence-electron chi connectivity index (χ3n) is 4.94. The molecule has 2 aliphatic rings. The summed E-state index contributed by atoms with van der Waals surface area (Å²) in [6.45, 7) is 4.73. The summed E-state index contributed by atoms with van der Waals surface area (Å²) in [5, 5.41) is 2.84. The first kappa shape index (κ1) is 16.8. The molecule has 2 fully saturated rings. The van der Waals surface area contributed by atoms with Crippen LogP contribution in [0, 0.1) is 5.92 Å². The lowest BCUT2D eigenvalue weighted by molar-refractivity contribution is -0.139. The zero-order chi connectivity index (χ0) is 16.3. The van der Waals surface area contributed by atoms with E-state index in [1.54, 1.807) is 11.9 Å². The molecule has 1 spiro atoms. The van der Waals surface area contributed by atoms with E-state index in [-0.39, 0.29) is 18.4 Å². The summed E-state index contributed by atoms with van der Waals surface area (Å²) in [6, 6.07) is -0.420. The van der Waals surface area contributed by atoms with E-state index in [4.69, 9.17) is 0 Å². The number of rotatable bonds is 5. The highest BCUT2D eigenvalue weighted by atomic mass is 16.2. The predicted molar refractivity (Wildman–Crippen MR) is 83.2 cm³/mol. The fourth-order valence-corrected chi connectivity index (χ4v) is 3.19. The van der Waals surface area contributed by atoms with Gasteiger partial charge in [-0.05, 0) is 38.0 Å². The van der Waals surface area contributed by atoms with Crippen LogP contribution in [0.1, 0.15) is 52.4 Å². The molecule has 1 saturated carbocycles. The molecule has 0 aromatic heterocycles. The van der Waals surface area contributed by atoms with Crippen molar-refractivity contribution in [3.8, 4) is 0 Å². The van der Waals surface area contributed by atoms with Crippen molar-refractivity contribution in [3.63, 3.8) is 0 Å². The van der Waals surface area contributed by atoms with Crippen molar-refractivity contribution >= 4 is 17.8 Å². The maximum atomic E-state index is 12.6. The second kappa shape index (κ2) is 6.67. The summed E-state index contributed by atoms with van der Waals surface area (Å²) >= 11 is 0. The molecule has 0 bridgehead atoms. The Bertz CT molecular complexity index is 456. The van der Waals surface area contributed by atoms with Gasteiger partial charge in [-0.1, -0.05) is 20.3 Å². The molecule has 1 saturated heterocycles. The normalized spacial score (nSPS) is 28.1. The highest BCUT2D eigenvalue weighted by molar-refractivity contribution is 6.09. The zero-order valence-electron chi connectivity index (χ0n) is 13.9. The molecular formula is C16H27N3O3. The summed E-state index contributed by atoms with van der Waals surface area (Å²) in [5.41, 5.74) is -0.758. The van der Waals surface area contributed by atoms with Gasteiger partial charge < -0.3 is 10.2 Å². The average molecular weight is 309 g/mol. The highest BCUT2D eigenvalue weighted by Crippen LogP contribution is 2.36. The molecule has 22 heavy (non-hydrogen) atoms. The van der Waals surface area contributed by atoms with Gasteiger partial charge in [0, 0.05) is 13.6 Å². The van der Waals surface area contributed by atoms with Crippen molar-refractivity contribution in [2.24, 2.45) is 5.92 Å². The van der Waals surface area contributed by atoms with E-state index in [2.05, 4.69) is 19.2 Å². The topological polar surface area (TPSA) is 69.7 Å². The van der Waals surface area contributed by atoms with Gasteiger partial charge in [-0.2, -0.15) is 0 Å². The lowest BCUT2D eigenvalue weighted by Crippen LogP contribution is -2.50. The molecular weight excluding hydrogens is 282 g/mol. The van der Waals surface area contributed by atoms with Crippen molar-refractivity contribution in [2.45, 2.75) is 57.9 Å². The zero-order valence-corrected chi connectivity index (χ0v) is 13.9. The molecule has 0 atom stereocenters. The Morgan fingerprint density at radius 3 is 2.59 bits per heavy atom. The van der Waals surface area contributed by atoms with Crippen LogP contribution >= 0.6 is 0 Å². The van der Waals surface area contributed by atoms with Gasteiger partial charge in [0.25, 0.3) is 5.91 Å². The molecule has 124 valence electrons. The lowest BCUT2D eigenvalue weighted by atomic mass is 9.77. The van der Waals surface area contributed by atoms with Gasteiger partial charge in [0.1, 0.15) is 12.1 Å². The smallest absolute Gasteiger partial charge is 0.325 e. The van der Waals surface area contributed by atoms with Crippen LogP contribution in [0.4, 0.5) is 4.79 Å². The maximum Gasteiger partial charge on any atom is 0.325 e. The van der Waals surface area contributed by atoms with Gasteiger partial charge >= 0.3 is 6.03 Å². The third-order valence-corrected chi connectivity index (χ3v) is 4.94. The Labute approximate surface area is 132 Å². The van der Waals surface area contributed by atoms with Crippen molar-refractivity contribution < 1.29 is 14.4 Å². The first-order valence-corrected chi connectivity index (χ1v) is 8.27. The van der Waals surface area contributed by atoms with E-state index in [0.717, 1.165) is 30.6 Å². The number of hydrogen-bond donors (Lipinski definition) is 1. The molecule has 1 aliphatic carbocycles. The van der Waals surface area contributed by atoms with Crippen molar-refractivity contribution in [1.29, 1.82) is 0 Å². The molecule has 6 heteroatoms. The second-order valence-corrected chi connectivity index (χ2v) is 6.75. The van der Waals surface area contributed by atoms with Crippen LogP contribution in [0.15, 0.2) is 0 Å². The molecule has 6 nitrogen and oxygen atoms in total. The van der Waals surface area contributed by atoms with Gasteiger partial charge in [0.05, 0.1) is 0 Å². The molecule has 0 aromatic rings. The number of imide groups is 1. The largest absolute Gasteiger partial charge is 0.344 e. The summed E-state index contributed by atoms with van der Waals surface area (Å²) in [6.07, 6.45) is 5.14. The molecule has 0 radical (unpaired) electrons. The van der Waals surface area contributed by atoms with Crippen LogP contribution in [-0.2, 0) is 9.59 Å². The summed E-state index contributed by atoms with van der Waals surface area (Å²) < 4.78 is 0. The van der Waals surface area contributed by atoms with Gasteiger partial charge in [0.15, 0.2) is 0 Å². The van der Waals surface area contributed by atoms with E-state index in [0.29, 0.717) is 25.3 Å². The minimum absolute atomic E-state index is 0.151. The van der Waals surface area contributed by atoms with Crippen LogP contribution in [0.3, 0.4) is 0 Å². The highest BCUT2D eigenvalue weighted by Gasteiger charge is 2.52. The second-order valence-electron chi connectivity index (χ2n) is 6.75. The molecule has 4 amide bonds. The van der Waals surface area contributed by atoms with Crippen molar-refractivity contribution in [2.75, 3.05) is 20.1 Å². The summed E-state index contributed by atoms with van der Waals surface area (Å²) in [7, 11) is 1.72. The SMILES string of the molecule is CCCCN(C)C(=O)CN1C(=O)NC2(CCC(C)CC2)C1=O. The number of unbranched alkanes of at least 4 members (excludes halogenated alkanes) is 1. The van der Waals surface area contributed by atoms with Crippen LogP contribution < -0.4 is 5.32 Å². The number of nitrogens with zero attached hydrogens (tertiary/aromatic N) is 2. The van der Waals surface area contributed by atoms with E-state index in [9.17, 15) is 14.4 Å². The minimum Gasteiger partial charge on any atom is -0.344 e. The minimum atomic E-state index is -0.758.